The van der Waals surface area contributed by atoms with Gasteiger partial charge in [-0.05, 0) is 38.5 Å². The average molecular weight is 338 g/mol. The van der Waals surface area contributed by atoms with Crippen molar-refractivity contribution in [2.45, 2.75) is 38.7 Å². The zero-order chi connectivity index (χ0) is 16.2. The van der Waals surface area contributed by atoms with Gasteiger partial charge in [-0.2, -0.15) is 10.1 Å². The molecule has 7 nitrogen and oxygen atoms in total. The Morgan fingerprint density at radius 2 is 2.13 bits per heavy atom. The van der Waals surface area contributed by atoms with Crippen LogP contribution in [0.1, 0.15) is 31.4 Å². The Kier molecular flexibility index (Phi) is 4.97. The summed E-state index contributed by atoms with van der Waals surface area (Å²) in [5.74, 6) is 1.21. The number of H-pyrrole nitrogens is 1. The second kappa shape index (κ2) is 7.14. The molecule has 1 aliphatic rings. The Morgan fingerprint density at radius 3 is 2.83 bits per heavy atom. The second-order valence-corrected chi connectivity index (χ2v) is 6.27. The van der Waals surface area contributed by atoms with Crippen molar-refractivity contribution in [2.75, 3.05) is 11.9 Å². The van der Waals surface area contributed by atoms with E-state index in [2.05, 4.69) is 25.5 Å². The second-order valence-electron chi connectivity index (χ2n) is 5.87. The Hall–Kier alpha value is -1.86. The molecule has 0 aromatic carbocycles. The molecule has 0 amide bonds. The summed E-state index contributed by atoms with van der Waals surface area (Å²) < 4.78 is 5.77. The Morgan fingerprint density at radius 1 is 1.35 bits per heavy atom. The van der Waals surface area contributed by atoms with E-state index >= 15 is 0 Å². The van der Waals surface area contributed by atoms with Gasteiger partial charge in [0.15, 0.2) is 0 Å². The van der Waals surface area contributed by atoms with Gasteiger partial charge in [-0.25, -0.2) is 4.98 Å². The lowest BCUT2D eigenvalue weighted by Gasteiger charge is -2.25. The Balaban J connectivity index is 1.62. The maximum Gasteiger partial charge on any atom is 0.237 e. The van der Waals surface area contributed by atoms with Crippen LogP contribution in [0.5, 0.6) is 5.88 Å². The first kappa shape index (κ1) is 16.0. The number of hydrogen-bond donors (Lipinski definition) is 3. The van der Waals surface area contributed by atoms with Crippen LogP contribution in [-0.4, -0.2) is 38.0 Å². The molecule has 2 heterocycles. The number of rotatable bonds is 5. The van der Waals surface area contributed by atoms with Gasteiger partial charge < -0.3 is 15.2 Å². The van der Waals surface area contributed by atoms with Crippen LogP contribution < -0.4 is 10.1 Å². The van der Waals surface area contributed by atoms with E-state index in [1.165, 1.54) is 6.20 Å². The normalized spacial score (nSPS) is 21.2. The number of nitrogens with one attached hydrogen (secondary N) is 2. The van der Waals surface area contributed by atoms with Crippen LogP contribution >= 0.6 is 11.6 Å². The number of aliphatic hydroxyl groups is 1. The summed E-state index contributed by atoms with van der Waals surface area (Å²) in [6.07, 6.45) is 6.61. The highest BCUT2D eigenvalue weighted by molar-refractivity contribution is 6.31. The molecule has 0 unspecified atom stereocenters. The van der Waals surface area contributed by atoms with Crippen LogP contribution in [0.3, 0.4) is 0 Å². The number of hydrogen-bond acceptors (Lipinski definition) is 6. The lowest BCUT2D eigenvalue weighted by Crippen LogP contribution is -2.22. The third-order valence-electron chi connectivity index (χ3n) is 4.06. The van der Waals surface area contributed by atoms with Crippen molar-refractivity contribution in [2.24, 2.45) is 5.92 Å². The molecule has 0 atom stereocenters. The first-order valence-corrected chi connectivity index (χ1v) is 8.10. The molecule has 1 fully saturated rings. The van der Waals surface area contributed by atoms with Gasteiger partial charge in [0.05, 0.1) is 36.5 Å². The molecule has 2 aromatic heterocycles. The van der Waals surface area contributed by atoms with E-state index in [4.69, 9.17) is 16.3 Å². The maximum absolute atomic E-state index is 9.54. The summed E-state index contributed by atoms with van der Waals surface area (Å²) in [5, 5.41) is 19.8. The predicted octanol–water partition coefficient (Wildman–Crippen LogP) is 2.84. The number of ether oxygens (including phenoxy) is 1. The smallest absolute Gasteiger partial charge is 0.237 e. The van der Waals surface area contributed by atoms with Gasteiger partial charge in [0, 0.05) is 0 Å². The molecule has 2 aromatic rings. The standard InChI is InChI=1S/C15H20ClN5O2/c1-9-13(7-18-21-9)19-15-17-6-12(16)14(20-15)23-8-10-2-4-11(22)5-3-10/h6-7,10-11,22H,2-5,8H2,1H3,(H,18,21)(H,17,19,20). The number of halogens is 1. The van der Waals surface area contributed by atoms with Crippen molar-refractivity contribution in [3.63, 3.8) is 0 Å². The highest BCUT2D eigenvalue weighted by Gasteiger charge is 2.20. The number of aryl methyl sites for hydroxylation is 1. The molecule has 1 saturated carbocycles. The van der Waals surface area contributed by atoms with Crippen LogP contribution in [0.15, 0.2) is 12.4 Å². The number of aromatic amines is 1. The fraction of sp³-hybridized carbons (Fsp3) is 0.533. The molecule has 1 aliphatic carbocycles. The summed E-state index contributed by atoms with van der Waals surface area (Å²) in [5.41, 5.74) is 1.70. The molecule has 0 bridgehead atoms. The number of aromatic nitrogens is 4. The van der Waals surface area contributed by atoms with Crippen LogP contribution in [0.2, 0.25) is 5.02 Å². The summed E-state index contributed by atoms with van der Waals surface area (Å²) in [6, 6.07) is 0. The highest BCUT2D eigenvalue weighted by Crippen LogP contribution is 2.28. The van der Waals surface area contributed by atoms with Crippen molar-refractivity contribution < 1.29 is 9.84 Å². The van der Waals surface area contributed by atoms with Crippen molar-refractivity contribution in [1.82, 2.24) is 20.2 Å². The van der Waals surface area contributed by atoms with Crippen molar-refractivity contribution in [3.05, 3.63) is 23.1 Å². The summed E-state index contributed by atoms with van der Waals surface area (Å²) in [4.78, 5) is 8.47. The highest BCUT2D eigenvalue weighted by atomic mass is 35.5. The van der Waals surface area contributed by atoms with Crippen molar-refractivity contribution >= 4 is 23.2 Å². The largest absolute Gasteiger partial charge is 0.476 e. The van der Waals surface area contributed by atoms with E-state index in [9.17, 15) is 5.11 Å². The lowest BCUT2D eigenvalue weighted by molar-refractivity contribution is 0.0909. The van der Waals surface area contributed by atoms with E-state index in [1.54, 1.807) is 6.20 Å². The van der Waals surface area contributed by atoms with E-state index in [0.717, 1.165) is 37.1 Å². The summed E-state index contributed by atoms with van der Waals surface area (Å²) in [7, 11) is 0. The average Bonchev–Trinajstić information content (AvgIpc) is 2.94. The van der Waals surface area contributed by atoms with Crippen LogP contribution in [0, 0.1) is 12.8 Å². The number of anilines is 2. The zero-order valence-electron chi connectivity index (χ0n) is 12.9. The minimum Gasteiger partial charge on any atom is -0.476 e. The summed E-state index contributed by atoms with van der Waals surface area (Å²) >= 11 is 6.11. The minimum absolute atomic E-state index is 0.164. The third-order valence-corrected chi connectivity index (χ3v) is 4.32. The molecule has 3 N–H and O–H groups in total. The molecule has 0 radical (unpaired) electrons. The van der Waals surface area contributed by atoms with E-state index in [-0.39, 0.29) is 6.10 Å². The quantitative estimate of drug-likeness (QED) is 0.776. The molecular formula is C15H20ClN5O2. The Bertz CT molecular complexity index is 655. The van der Waals surface area contributed by atoms with E-state index in [0.29, 0.717) is 29.4 Å². The van der Waals surface area contributed by atoms with Crippen LogP contribution in [0.4, 0.5) is 11.6 Å². The van der Waals surface area contributed by atoms with Gasteiger partial charge in [0.1, 0.15) is 5.02 Å². The number of aliphatic hydroxyl groups excluding tert-OH is 1. The first-order chi connectivity index (χ1) is 11.1. The van der Waals surface area contributed by atoms with E-state index < -0.39 is 0 Å². The predicted molar refractivity (Wildman–Crippen MR) is 87.1 cm³/mol. The van der Waals surface area contributed by atoms with Gasteiger partial charge in [0.2, 0.25) is 11.8 Å². The van der Waals surface area contributed by atoms with Gasteiger partial charge in [-0.15, -0.1) is 0 Å². The summed E-state index contributed by atoms with van der Waals surface area (Å²) in [6.45, 7) is 2.45. The van der Waals surface area contributed by atoms with Crippen molar-refractivity contribution in [3.8, 4) is 5.88 Å². The minimum atomic E-state index is -0.164. The molecule has 8 heteroatoms. The van der Waals surface area contributed by atoms with Gasteiger partial charge >= 0.3 is 0 Å². The van der Waals surface area contributed by atoms with Crippen molar-refractivity contribution in [1.29, 1.82) is 0 Å². The molecule has 3 rings (SSSR count). The fourth-order valence-corrected chi connectivity index (χ4v) is 2.76. The molecule has 124 valence electrons. The molecule has 0 spiro atoms. The molecule has 23 heavy (non-hydrogen) atoms. The monoisotopic (exact) mass is 337 g/mol. The molecular weight excluding hydrogens is 318 g/mol. The topological polar surface area (TPSA) is 96.0 Å². The zero-order valence-corrected chi connectivity index (χ0v) is 13.7. The van der Waals surface area contributed by atoms with Crippen LogP contribution in [0.25, 0.3) is 0 Å². The molecule has 0 saturated heterocycles. The van der Waals surface area contributed by atoms with Gasteiger partial charge in [-0.3, -0.25) is 5.10 Å². The maximum atomic E-state index is 9.54. The fourth-order valence-electron chi connectivity index (χ4n) is 2.62. The number of nitrogens with zero attached hydrogens (tertiary/aromatic N) is 3. The third kappa shape index (κ3) is 4.11. The van der Waals surface area contributed by atoms with Gasteiger partial charge in [-0.1, -0.05) is 11.6 Å². The van der Waals surface area contributed by atoms with Gasteiger partial charge in [0.25, 0.3) is 0 Å². The Labute approximate surface area is 139 Å². The van der Waals surface area contributed by atoms with Crippen LogP contribution in [-0.2, 0) is 0 Å². The lowest BCUT2D eigenvalue weighted by atomic mass is 9.88. The first-order valence-electron chi connectivity index (χ1n) is 7.72. The molecule has 0 aliphatic heterocycles. The SMILES string of the molecule is Cc1[nH]ncc1Nc1ncc(Cl)c(OCC2CCC(O)CC2)n1. The van der Waals surface area contributed by atoms with E-state index in [1.807, 2.05) is 6.92 Å².